The van der Waals surface area contributed by atoms with Gasteiger partial charge in [0.25, 0.3) is 0 Å². The molecule has 0 bridgehead atoms. The van der Waals surface area contributed by atoms with Gasteiger partial charge in [-0.25, -0.2) is 0 Å². The molecule has 2 atom stereocenters. The van der Waals surface area contributed by atoms with E-state index in [1.165, 1.54) is 25.9 Å². The van der Waals surface area contributed by atoms with Crippen molar-refractivity contribution in [2.24, 2.45) is 11.7 Å². The minimum absolute atomic E-state index is 0.358. The highest BCUT2D eigenvalue weighted by molar-refractivity contribution is 4.60. The molecule has 0 aromatic heterocycles. The molecule has 0 spiro atoms. The van der Waals surface area contributed by atoms with Crippen LogP contribution in [0.4, 0.5) is 0 Å². The van der Waals surface area contributed by atoms with E-state index in [1.54, 1.807) is 0 Å². The predicted octanol–water partition coefficient (Wildman–Crippen LogP) is 2.09. The van der Waals surface area contributed by atoms with Gasteiger partial charge in [-0.3, -0.25) is 0 Å². The van der Waals surface area contributed by atoms with Gasteiger partial charge in [-0.2, -0.15) is 0 Å². The molecule has 0 saturated carbocycles. The van der Waals surface area contributed by atoms with Crippen molar-refractivity contribution in [1.29, 1.82) is 0 Å². The maximum atomic E-state index is 5.69. The standard InChI is InChI=1S/C11H26N2/c1-5-10(2)9-13(4)8-6-7-11(3)12/h10-11H,5-9,12H2,1-4H3. The summed E-state index contributed by atoms with van der Waals surface area (Å²) in [5, 5.41) is 0. The molecule has 13 heavy (non-hydrogen) atoms. The first kappa shape index (κ1) is 12.9. The van der Waals surface area contributed by atoms with Crippen molar-refractivity contribution in [3.63, 3.8) is 0 Å². The van der Waals surface area contributed by atoms with Gasteiger partial charge in [0, 0.05) is 12.6 Å². The second-order valence-electron chi connectivity index (χ2n) is 4.40. The van der Waals surface area contributed by atoms with Crippen molar-refractivity contribution in [3.05, 3.63) is 0 Å². The van der Waals surface area contributed by atoms with E-state index in [-0.39, 0.29) is 0 Å². The number of hydrogen-bond donors (Lipinski definition) is 1. The van der Waals surface area contributed by atoms with E-state index >= 15 is 0 Å². The van der Waals surface area contributed by atoms with Crippen LogP contribution in [-0.4, -0.2) is 31.1 Å². The molecule has 0 fully saturated rings. The Balaban J connectivity index is 3.34. The van der Waals surface area contributed by atoms with Gasteiger partial charge in [-0.1, -0.05) is 20.3 Å². The van der Waals surface area contributed by atoms with E-state index in [0.717, 1.165) is 12.3 Å². The lowest BCUT2D eigenvalue weighted by Gasteiger charge is -2.20. The highest BCUT2D eigenvalue weighted by atomic mass is 15.1. The summed E-state index contributed by atoms with van der Waals surface area (Å²) in [6.07, 6.45) is 3.65. The highest BCUT2D eigenvalue weighted by Crippen LogP contribution is 2.04. The van der Waals surface area contributed by atoms with Crippen LogP contribution in [-0.2, 0) is 0 Å². The van der Waals surface area contributed by atoms with E-state index in [9.17, 15) is 0 Å². The van der Waals surface area contributed by atoms with Crippen molar-refractivity contribution >= 4 is 0 Å². The molecule has 0 aliphatic heterocycles. The van der Waals surface area contributed by atoms with Gasteiger partial charge in [-0.15, -0.1) is 0 Å². The fourth-order valence-corrected chi connectivity index (χ4v) is 1.44. The quantitative estimate of drug-likeness (QED) is 0.659. The fourth-order valence-electron chi connectivity index (χ4n) is 1.44. The lowest BCUT2D eigenvalue weighted by molar-refractivity contribution is 0.275. The summed E-state index contributed by atoms with van der Waals surface area (Å²) in [4.78, 5) is 2.41. The molecule has 0 rings (SSSR count). The van der Waals surface area contributed by atoms with E-state index < -0.39 is 0 Å². The van der Waals surface area contributed by atoms with E-state index in [4.69, 9.17) is 5.73 Å². The second-order valence-corrected chi connectivity index (χ2v) is 4.40. The second kappa shape index (κ2) is 7.34. The Bertz CT molecular complexity index is 113. The van der Waals surface area contributed by atoms with Crippen LogP contribution in [0.15, 0.2) is 0 Å². The topological polar surface area (TPSA) is 29.3 Å². The van der Waals surface area contributed by atoms with Gasteiger partial charge in [0.2, 0.25) is 0 Å². The maximum absolute atomic E-state index is 5.69. The summed E-state index contributed by atoms with van der Waals surface area (Å²) in [6, 6.07) is 0.358. The maximum Gasteiger partial charge on any atom is 0.00109 e. The molecular formula is C11H26N2. The van der Waals surface area contributed by atoms with Crippen LogP contribution >= 0.6 is 0 Å². The molecular weight excluding hydrogens is 160 g/mol. The summed E-state index contributed by atoms with van der Waals surface area (Å²) < 4.78 is 0. The number of nitrogens with two attached hydrogens (primary N) is 1. The lowest BCUT2D eigenvalue weighted by atomic mass is 10.1. The van der Waals surface area contributed by atoms with Crippen molar-refractivity contribution < 1.29 is 0 Å². The Morgan fingerprint density at radius 2 is 1.92 bits per heavy atom. The molecule has 0 saturated heterocycles. The Hall–Kier alpha value is -0.0800. The first-order chi connectivity index (χ1) is 6.06. The molecule has 0 amide bonds. The van der Waals surface area contributed by atoms with Crippen LogP contribution in [0.3, 0.4) is 0 Å². The summed E-state index contributed by atoms with van der Waals surface area (Å²) in [5.74, 6) is 0.820. The molecule has 0 aromatic rings. The summed E-state index contributed by atoms with van der Waals surface area (Å²) in [7, 11) is 2.20. The van der Waals surface area contributed by atoms with Crippen molar-refractivity contribution in [2.75, 3.05) is 20.1 Å². The van der Waals surface area contributed by atoms with Gasteiger partial charge in [0.05, 0.1) is 0 Å². The Morgan fingerprint density at radius 3 is 2.38 bits per heavy atom. The number of nitrogens with zero attached hydrogens (tertiary/aromatic N) is 1. The molecule has 2 unspecified atom stereocenters. The Labute approximate surface area is 83.5 Å². The van der Waals surface area contributed by atoms with Crippen LogP contribution < -0.4 is 5.73 Å². The van der Waals surface area contributed by atoms with Gasteiger partial charge >= 0.3 is 0 Å². The van der Waals surface area contributed by atoms with Gasteiger partial charge in [0.1, 0.15) is 0 Å². The zero-order valence-corrected chi connectivity index (χ0v) is 9.71. The third kappa shape index (κ3) is 8.26. The minimum atomic E-state index is 0.358. The van der Waals surface area contributed by atoms with Crippen molar-refractivity contribution in [2.45, 2.75) is 46.1 Å². The number of rotatable bonds is 7. The van der Waals surface area contributed by atoms with E-state index in [0.29, 0.717) is 6.04 Å². The van der Waals surface area contributed by atoms with Crippen LogP contribution in [0.25, 0.3) is 0 Å². The first-order valence-electron chi connectivity index (χ1n) is 5.50. The van der Waals surface area contributed by atoms with Crippen LogP contribution in [0.5, 0.6) is 0 Å². The normalized spacial score (nSPS) is 16.2. The van der Waals surface area contributed by atoms with Gasteiger partial charge in [-0.05, 0) is 39.3 Å². The molecule has 80 valence electrons. The molecule has 0 aliphatic carbocycles. The molecule has 0 aromatic carbocycles. The molecule has 2 N–H and O–H groups in total. The smallest absolute Gasteiger partial charge is 0.00109 e. The third-order valence-electron chi connectivity index (χ3n) is 2.52. The van der Waals surface area contributed by atoms with Crippen molar-refractivity contribution in [1.82, 2.24) is 4.90 Å². The van der Waals surface area contributed by atoms with Gasteiger partial charge in [0.15, 0.2) is 0 Å². The molecule has 0 heterocycles. The first-order valence-corrected chi connectivity index (χ1v) is 5.50. The Kier molecular flexibility index (Phi) is 7.29. The molecule has 2 nitrogen and oxygen atoms in total. The van der Waals surface area contributed by atoms with Crippen LogP contribution in [0, 0.1) is 5.92 Å². The molecule has 2 heteroatoms. The van der Waals surface area contributed by atoms with Crippen LogP contribution in [0.1, 0.15) is 40.0 Å². The van der Waals surface area contributed by atoms with E-state index in [1.807, 2.05) is 0 Å². The number of hydrogen-bond acceptors (Lipinski definition) is 2. The molecule has 0 aliphatic rings. The van der Waals surface area contributed by atoms with Crippen LogP contribution in [0.2, 0.25) is 0 Å². The largest absolute Gasteiger partial charge is 0.328 e. The zero-order chi connectivity index (χ0) is 10.3. The average Bonchev–Trinajstić information content (AvgIpc) is 2.03. The van der Waals surface area contributed by atoms with Crippen molar-refractivity contribution in [3.8, 4) is 0 Å². The molecule has 0 radical (unpaired) electrons. The summed E-state index contributed by atoms with van der Waals surface area (Å²) in [5.41, 5.74) is 5.69. The fraction of sp³-hybridized carbons (Fsp3) is 1.00. The SMILES string of the molecule is CCC(C)CN(C)CCCC(C)N. The predicted molar refractivity (Wildman–Crippen MR) is 59.8 cm³/mol. The Morgan fingerprint density at radius 1 is 1.31 bits per heavy atom. The summed E-state index contributed by atoms with van der Waals surface area (Å²) in [6.45, 7) is 9.04. The monoisotopic (exact) mass is 186 g/mol. The third-order valence-corrected chi connectivity index (χ3v) is 2.52. The van der Waals surface area contributed by atoms with Gasteiger partial charge < -0.3 is 10.6 Å². The minimum Gasteiger partial charge on any atom is -0.328 e. The highest BCUT2D eigenvalue weighted by Gasteiger charge is 2.04. The summed E-state index contributed by atoms with van der Waals surface area (Å²) >= 11 is 0. The zero-order valence-electron chi connectivity index (χ0n) is 9.71. The lowest BCUT2D eigenvalue weighted by Crippen LogP contribution is -2.26. The van der Waals surface area contributed by atoms with E-state index in [2.05, 4.69) is 32.7 Å². The average molecular weight is 186 g/mol.